The van der Waals surface area contributed by atoms with E-state index in [1.807, 2.05) is 30.3 Å². The van der Waals surface area contributed by atoms with Gasteiger partial charge in [0.05, 0.1) is 0 Å². The minimum Gasteiger partial charge on any atom is -0.460 e. The van der Waals surface area contributed by atoms with Crippen LogP contribution in [0.25, 0.3) is 10.4 Å². The molecule has 1 amide bonds. The van der Waals surface area contributed by atoms with Gasteiger partial charge in [0.25, 0.3) is 0 Å². The minimum absolute atomic E-state index is 0.0139. The molecule has 0 spiro atoms. The van der Waals surface area contributed by atoms with E-state index in [1.54, 1.807) is 52.5 Å². The van der Waals surface area contributed by atoms with E-state index < -0.39 is 40.7 Å². The first-order valence-corrected chi connectivity index (χ1v) is 12.3. The van der Waals surface area contributed by atoms with Crippen LogP contribution in [-0.4, -0.2) is 58.6 Å². The molecule has 2 atom stereocenters. The van der Waals surface area contributed by atoms with Crippen molar-refractivity contribution in [1.82, 2.24) is 4.90 Å². The van der Waals surface area contributed by atoms with E-state index in [4.69, 9.17) is 14.2 Å². The van der Waals surface area contributed by atoms with Gasteiger partial charge in [-0.15, -0.1) is 6.58 Å². The van der Waals surface area contributed by atoms with Gasteiger partial charge in [-0.3, -0.25) is 9.59 Å². The number of benzene rings is 1. The fourth-order valence-corrected chi connectivity index (χ4v) is 4.00. The van der Waals surface area contributed by atoms with Crippen molar-refractivity contribution >= 4 is 23.9 Å². The molecule has 1 aromatic carbocycles. The maximum Gasteiger partial charge on any atom is 0.435 e. The Morgan fingerprint density at radius 1 is 1.13 bits per heavy atom. The summed E-state index contributed by atoms with van der Waals surface area (Å²) in [6.45, 7) is 14.0. The van der Waals surface area contributed by atoms with E-state index >= 15 is 0 Å². The average molecular weight is 528 g/mol. The number of carbonyl (C=O) groups excluding carboxylic acids is 3. The monoisotopic (exact) mass is 527 g/mol. The van der Waals surface area contributed by atoms with E-state index in [2.05, 4.69) is 21.6 Å². The number of azide groups is 1. The number of nitrogens with zero attached hydrogens (tertiary/aromatic N) is 5. The number of amides is 1. The van der Waals surface area contributed by atoms with Crippen LogP contribution >= 0.6 is 0 Å². The lowest BCUT2D eigenvalue weighted by molar-refractivity contribution is -0.153. The molecule has 1 aliphatic heterocycles. The number of hydrogen-bond acceptors (Lipinski definition) is 7. The smallest absolute Gasteiger partial charge is 0.435 e. The van der Waals surface area contributed by atoms with Crippen molar-refractivity contribution in [3.05, 3.63) is 59.0 Å². The van der Waals surface area contributed by atoms with Gasteiger partial charge in [0.15, 0.2) is 5.54 Å². The van der Waals surface area contributed by atoms with Crippen LogP contribution in [0.2, 0.25) is 0 Å². The predicted molar refractivity (Wildman–Crippen MR) is 142 cm³/mol. The van der Waals surface area contributed by atoms with Gasteiger partial charge in [-0.05, 0) is 59.1 Å². The van der Waals surface area contributed by atoms with Gasteiger partial charge in [0.1, 0.15) is 30.1 Å². The number of ether oxygens (including phenoxy) is 3. The second-order valence-electron chi connectivity index (χ2n) is 11.0. The molecule has 0 radical (unpaired) electrons. The third kappa shape index (κ3) is 8.92. The molecule has 11 nitrogen and oxygen atoms in total. The zero-order chi connectivity index (χ0) is 28.6. The lowest BCUT2D eigenvalue weighted by Gasteiger charge is -2.27. The van der Waals surface area contributed by atoms with Gasteiger partial charge < -0.3 is 19.1 Å². The first-order valence-electron chi connectivity index (χ1n) is 12.3. The van der Waals surface area contributed by atoms with Crippen LogP contribution in [-0.2, 0) is 30.4 Å². The summed E-state index contributed by atoms with van der Waals surface area (Å²) in [6.07, 6.45) is 0.660. The summed E-state index contributed by atoms with van der Waals surface area (Å²) < 4.78 is 16.3. The van der Waals surface area contributed by atoms with Gasteiger partial charge in [-0.1, -0.05) is 41.5 Å². The third-order valence-electron chi connectivity index (χ3n) is 5.49. The van der Waals surface area contributed by atoms with Crippen LogP contribution in [0.3, 0.4) is 0 Å². The number of aliphatic imine (C=N–C) groups is 1. The van der Waals surface area contributed by atoms with Gasteiger partial charge >= 0.3 is 18.0 Å². The van der Waals surface area contributed by atoms with Crippen LogP contribution in [0.1, 0.15) is 59.9 Å². The van der Waals surface area contributed by atoms with E-state index in [-0.39, 0.29) is 32.0 Å². The standard InChI is InChI=1S/C27H37N5O6/c1-8-12-20-16-32(18-27(20,30-31-28)23(34)36-17-19-13-10-9-11-14-19)21(15-22(33)37-25(2,3)4)29-24(35)38-26(5,6)7/h8-11,13-14,20H,1,12,15-18H2,2-7H3/t20-,27-/m0/s1. The number of carbonyl (C=O) groups is 3. The van der Waals surface area contributed by atoms with E-state index in [9.17, 15) is 19.9 Å². The van der Waals surface area contributed by atoms with Crippen LogP contribution in [0.4, 0.5) is 4.79 Å². The Balaban J connectivity index is 2.43. The van der Waals surface area contributed by atoms with Crippen molar-refractivity contribution in [2.45, 2.75) is 77.7 Å². The molecule has 1 aromatic rings. The summed E-state index contributed by atoms with van der Waals surface area (Å²) in [4.78, 5) is 47.3. The van der Waals surface area contributed by atoms with Gasteiger partial charge in [0.2, 0.25) is 0 Å². The first kappa shape index (κ1) is 30.4. The van der Waals surface area contributed by atoms with Crippen molar-refractivity contribution in [3.63, 3.8) is 0 Å². The maximum absolute atomic E-state index is 13.4. The van der Waals surface area contributed by atoms with Crippen LogP contribution in [0.15, 0.2) is 53.1 Å². The Labute approximate surface area is 223 Å². The van der Waals surface area contributed by atoms with Crippen molar-refractivity contribution in [3.8, 4) is 0 Å². The molecule has 1 aliphatic rings. The molecular formula is C27H37N5O6. The fourth-order valence-electron chi connectivity index (χ4n) is 4.00. The summed E-state index contributed by atoms with van der Waals surface area (Å²) in [5, 5.41) is 3.91. The Morgan fingerprint density at radius 3 is 2.32 bits per heavy atom. The molecule has 1 heterocycles. The average Bonchev–Trinajstić information content (AvgIpc) is 3.15. The normalized spacial score (nSPS) is 19.8. The van der Waals surface area contributed by atoms with E-state index in [0.29, 0.717) is 6.42 Å². The molecule has 0 aliphatic carbocycles. The SMILES string of the molecule is C=CC[C@H]1CN(C(CC(=O)OC(C)(C)C)=NC(=O)OC(C)(C)C)C[C@@]1(N=[N+]=[N-])C(=O)OCc1ccccc1. The molecule has 0 N–H and O–H groups in total. The zero-order valence-electron chi connectivity index (χ0n) is 23.0. The number of rotatable bonds is 8. The summed E-state index contributed by atoms with van der Waals surface area (Å²) in [6, 6.07) is 9.10. The van der Waals surface area contributed by atoms with Gasteiger partial charge in [0, 0.05) is 23.9 Å². The highest BCUT2D eigenvalue weighted by atomic mass is 16.6. The zero-order valence-corrected chi connectivity index (χ0v) is 23.0. The second-order valence-corrected chi connectivity index (χ2v) is 11.0. The number of hydrogen-bond donors (Lipinski definition) is 0. The second kappa shape index (κ2) is 12.6. The third-order valence-corrected chi connectivity index (χ3v) is 5.49. The molecular weight excluding hydrogens is 490 g/mol. The van der Waals surface area contributed by atoms with E-state index in [0.717, 1.165) is 5.56 Å². The van der Waals surface area contributed by atoms with Gasteiger partial charge in [-0.25, -0.2) is 4.79 Å². The van der Waals surface area contributed by atoms with Crippen molar-refractivity contribution in [2.24, 2.45) is 16.0 Å². The summed E-state index contributed by atoms with van der Waals surface area (Å²) in [5.74, 6) is -1.86. The molecule has 206 valence electrons. The highest BCUT2D eigenvalue weighted by Gasteiger charge is 2.53. The molecule has 2 rings (SSSR count). The van der Waals surface area contributed by atoms with Crippen LogP contribution in [0.5, 0.6) is 0 Å². The topological polar surface area (TPSA) is 143 Å². The number of amidine groups is 1. The quantitative estimate of drug-likeness (QED) is 0.0647. The Morgan fingerprint density at radius 2 is 1.76 bits per heavy atom. The molecule has 38 heavy (non-hydrogen) atoms. The van der Waals surface area contributed by atoms with Gasteiger partial charge in [-0.2, -0.15) is 4.99 Å². The lowest BCUT2D eigenvalue weighted by atomic mass is 9.85. The van der Waals surface area contributed by atoms with Crippen LogP contribution in [0, 0.1) is 5.92 Å². The highest BCUT2D eigenvalue weighted by molar-refractivity contribution is 6.02. The fraction of sp³-hybridized carbons (Fsp3) is 0.556. The molecule has 1 saturated heterocycles. The molecule has 0 unspecified atom stereocenters. The Hall–Kier alpha value is -3.85. The van der Waals surface area contributed by atoms with Crippen molar-refractivity contribution < 1.29 is 28.6 Å². The lowest BCUT2D eigenvalue weighted by Crippen LogP contribution is -2.46. The molecule has 0 bridgehead atoms. The Kier molecular flexibility index (Phi) is 10.1. The number of likely N-dealkylation sites (tertiary alicyclic amines) is 1. The summed E-state index contributed by atoms with van der Waals surface area (Å²) in [5.41, 5.74) is 6.96. The number of esters is 2. The van der Waals surface area contributed by atoms with Crippen molar-refractivity contribution in [1.29, 1.82) is 0 Å². The first-order chi connectivity index (χ1) is 17.7. The maximum atomic E-state index is 13.4. The molecule has 11 heteroatoms. The van der Waals surface area contributed by atoms with E-state index in [1.165, 1.54) is 0 Å². The number of allylic oxidation sites excluding steroid dienone is 1. The van der Waals surface area contributed by atoms with Crippen molar-refractivity contribution in [2.75, 3.05) is 13.1 Å². The Bertz CT molecular complexity index is 1100. The molecule has 1 fully saturated rings. The summed E-state index contributed by atoms with van der Waals surface area (Å²) >= 11 is 0. The minimum atomic E-state index is -1.64. The molecule has 0 saturated carbocycles. The summed E-state index contributed by atoms with van der Waals surface area (Å²) in [7, 11) is 0. The predicted octanol–water partition coefficient (Wildman–Crippen LogP) is 5.35. The largest absolute Gasteiger partial charge is 0.460 e. The highest BCUT2D eigenvalue weighted by Crippen LogP contribution is 2.37. The molecule has 0 aromatic heterocycles. The van der Waals surface area contributed by atoms with Crippen LogP contribution < -0.4 is 0 Å².